The molecular formula is C10H9Br. The Morgan fingerprint density at radius 3 is 2.45 bits per heavy atom. The zero-order valence-corrected chi connectivity index (χ0v) is 7.93. The lowest BCUT2D eigenvalue weighted by molar-refractivity contribution is 1.61. The van der Waals surface area contributed by atoms with E-state index < -0.39 is 0 Å². The fraction of sp³-hybridized carbons (Fsp3) is 0.100. The van der Waals surface area contributed by atoms with Gasteiger partial charge < -0.3 is 0 Å². The van der Waals surface area contributed by atoms with Gasteiger partial charge in [-0.2, -0.15) is 0 Å². The number of halogens is 1. The van der Waals surface area contributed by atoms with Gasteiger partial charge in [-0.05, 0) is 36.8 Å². The summed E-state index contributed by atoms with van der Waals surface area (Å²) in [5, 5.41) is 0. The lowest BCUT2D eigenvalue weighted by atomic mass is 10.2. The molecule has 0 aliphatic rings. The molecule has 0 nitrogen and oxygen atoms in total. The fourth-order valence-corrected chi connectivity index (χ4v) is 1.00. The van der Waals surface area contributed by atoms with Crippen molar-refractivity contribution in [2.45, 2.75) is 6.92 Å². The number of hydrogen-bond donors (Lipinski definition) is 0. The van der Waals surface area contributed by atoms with E-state index in [1.165, 1.54) is 5.56 Å². The Morgan fingerprint density at radius 2 is 1.91 bits per heavy atom. The predicted octanol–water partition coefficient (Wildman–Crippen LogP) is 3.64. The molecular weight excluding hydrogens is 200 g/mol. The Kier molecular flexibility index (Phi) is 3.15. The minimum Gasteiger partial charge on any atom is -0.125 e. The van der Waals surface area contributed by atoms with Crippen molar-refractivity contribution in [3.63, 3.8) is 0 Å². The van der Waals surface area contributed by atoms with E-state index in [0.29, 0.717) is 0 Å². The molecule has 0 bridgehead atoms. The highest BCUT2D eigenvalue weighted by atomic mass is 79.9. The summed E-state index contributed by atoms with van der Waals surface area (Å²) in [5.41, 5.74) is 4.19. The first kappa shape index (κ1) is 8.32. The van der Waals surface area contributed by atoms with Crippen LogP contribution in [0.2, 0.25) is 0 Å². The molecule has 0 heterocycles. The molecule has 0 unspecified atom stereocenters. The highest BCUT2D eigenvalue weighted by Gasteiger charge is 1.84. The fourth-order valence-electron chi connectivity index (χ4n) is 0.739. The monoisotopic (exact) mass is 208 g/mol. The summed E-state index contributed by atoms with van der Waals surface area (Å²) in [7, 11) is 0. The van der Waals surface area contributed by atoms with E-state index in [4.69, 9.17) is 0 Å². The van der Waals surface area contributed by atoms with Gasteiger partial charge in [-0.3, -0.25) is 0 Å². The third-order valence-corrected chi connectivity index (χ3v) is 1.82. The van der Waals surface area contributed by atoms with Crippen molar-refractivity contribution in [1.29, 1.82) is 0 Å². The standard InChI is InChI=1S/C10H9Br/c1-2-3-4-9-5-7-10(11)8-6-9/h2,4-8H,1H3. The summed E-state index contributed by atoms with van der Waals surface area (Å²) in [6.07, 6.45) is 3.84. The average Bonchev–Trinajstić information content (AvgIpc) is 2.04. The molecule has 0 fully saturated rings. The highest BCUT2D eigenvalue weighted by Crippen LogP contribution is 2.10. The zero-order chi connectivity index (χ0) is 8.10. The third-order valence-electron chi connectivity index (χ3n) is 1.29. The van der Waals surface area contributed by atoms with E-state index >= 15 is 0 Å². The van der Waals surface area contributed by atoms with Crippen molar-refractivity contribution in [3.05, 3.63) is 46.1 Å². The molecule has 1 rings (SSSR count). The van der Waals surface area contributed by atoms with E-state index in [9.17, 15) is 0 Å². The molecule has 0 spiro atoms. The van der Waals surface area contributed by atoms with Crippen LogP contribution in [-0.2, 0) is 0 Å². The topological polar surface area (TPSA) is 0 Å². The van der Waals surface area contributed by atoms with Crippen LogP contribution < -0.4 is 0 Å². The van der Waals surface area contributed by atoms with E-state index in [1.807, 2.05) is 43.3 Å². The summed E-state index contributed by atoms with van der Waals surface area (Å²) in [5.74, 6) is 0. The Hall–Kier alpha value is -0.780. The predicted molar refractivity (Wildman–Crippen MR) is 52.4 cm³/mol. The summed E-state index contributed by atoms with van der Waals surface area (Å²) in [6, 6.07) is 8.12. The van der Waals surface area contributed by atoms with Crippen molar-refractivity contribution < 1.29 is 0 Å². The van der Waals surface area contributed by atoms with Gasteiger partial charge >= 0.3 is 0 Å². The molecule has 0 N–H and O–H groups in total. The average molecular weight is 209 g/mol. The third kappa shape index (κ3) is 2.75. The SMILES string of the molecule is CC=C=Cc1ccc(Br)cc1. The smallest absolute Gasteiger partial charge is 0.0175 e. The van der Waals surface area contributed by atoms with E-state index in [2.05, 4.69) is 21.7 Å². The second-order valence-electron chi connectivity index (χ2n) is 2.15. The summed E-state index contributed by atoms with van der Waals surface area (Å²) in [4.78, 5) is 0. The summed E-state index contributed by atoms with van der Waals surface area (Å²) >= 11 is 3.37. The molecule has 1 aromatic carbocycles. The summed E-state index contributed by atoms with van der Waals surface area (Å²) in [6.45, 7) is 1.95. The van der Waals surface area contributed by atoms with Crippen molar-refractivity contribution >= 4 is 22.0 Å². The molecule has 0 radical (unpaired) electrons. The number of allylic oxidation sites excluding steroid dienone is 1. The lowest BCUT2D eigenvalue weighted by Gasteiger charge is -1.90. The summed E-state index contributed by atoms with van der Waals surface area (Å²) < 4.78 is 1.11. The first-order valence-electron chi connectivity index (χ1n) is 3.45. The van der Waals surface area contributed by atoms with E-state index in [1.54, 1.807) is 0 Å². The van der Waals surface area contributed by atoms with Gasteiger partial charge in [0.25, 0.3) is 0 Å². The highest BCUT2D eigenvalue weighted by molar-refractivity contribution is 9.10. The minimum atomic E-state index is 1.11. The maximum absolute atomic E-state index is 3.37. The molecule has 0 atom stereocenters. The van der Waals surface area contributed by atoms with Gasteiger partial charge in [0.2, 0.25) is 0 Å². The van der Waals surface area contributed by atoms with Crippen molar-refractivity contribution in [2.24, 2.45) is 0 Å². The lowest BCUT2D eigenvalue weighted by Crippen LogP contribution is -1.68. The van der Waals surface area contributed by atoms with Crippen LogP contribution in [0.4, 0.5) is 0 Å². The van der Waals surface area contributed by atoms with E-state index in [-0.39, 0.29) is 0 Å². The minimum absolute atomic E-state index is 1.11. The van der Waals surface area contributed by atoms with Crippen molar-refractivity contribution in [1.82, 2.24) is 0 Å². The van der Waals surface area contributed by atoms with Gasteiger partial charge in [-0.15, -0.1) is 5.73 Å². The molecule has 56 valence electrons. The molecule has 0 saturated carbocycles. The zero-order valence-electron chi connectivity index (χ0n) is 6.34. The number of hydrogen-bond acceptors (Lipinski definition) is 0. The van der Waals surface area contributed by atoms with Crippen molar-refractivity contribution in [3.8, 4) is 0 Å². The van der Waals surface area contributed by atoms with Crippen LogP contribution in [0.25, 0.3) is 6.08 Å². The maximum atomic E-state index is 3.37. The van der Waals surface area contributed by atoms with E-state index in [0.717, 1.165) is 4.47 Å². The second kappa shape index (κ2) is 4.17. The van der Waals surface area contributed by atoms with Crippen LogP contribution in [0.1, 0.15) is 12.5 Å². The van der Waals surface area contributed by atoms with Gasteiger partial charge in [0, 0.05) is 4.47 Å². The molecule has 0 aromatic heterocycles. The van der Waals surface area contributed by atoms with Crippen LogP contribution in [-0.4, -0.2) is 0 Å². The number of benzene rings is 1. The Morgan fingerprint density at radius 1 is 1.27 bits per heavy atom. The Balaban J connectivity index is 2.90. The molecule has 0 amide bonds. The van der Waals surface area contributed by atoms with Gasteiger partial charge in [-0.1, -0.05) is 28.1 Å². The van der Waals surface area contributed by atoms with Crippen LogP contribution in [0.3, 0.4) is 0 Å². The Labute approximate surface area is 75.4 Å². The largest absolute Gasteiger partial charge is 0.125 e. The van der Waals surface area contributed by atoms with Gasteiger partial charge in [0.15, 0.2) is 0 Å². The van der Waals surface area contributed by atoms with Crippen LogP contribution in [0, 0.1) is 0 Å². The molecule has 1 aromatic rings. The van der Waals surface area contributed by atoms with Crippen LogP contribution >= 0.6 is 15.9 Å². The molecule has 11 heavy (non-hydrogen) atoms. The molecule has 0 aliphatic carbocycles. The van der Waals surface area contributed by atoms with Gasteiger partial charge in [0.05, 0.1) is 0 Å². The normalized spacial score (nSPS) is 8.55. The van der Waals surface area contributed by atoms with Crippen molar-refractivity contribution in [2.75, 3.05) is 0 Å². The van der Waals surface area contributed by atoms with Gasteiger partial charge in [0.1, 0.15) is 0 Å². The van der Waals surface area contributed by atoms with Gasteiger partial charge in [-0.25, -0.2) is 0 Å². The molecule has 0 saturated heterocycles. The maximum Gasteiger partial charge on any atom is 0.0175 e. The number of rotatable bonds is 1. The van der Waals surface area contributed by atoms with Crippen LogP contribution in [0.15, 0.2) is 40.5 Å². The molecule has 0 aliphatic heterocycles. The second-order valence-corrected chi connectivity index (χ2v) is 3.07. The Bertz CT molecular complexity index is 276. The first-order chi connectivity index (χ1) is 5.33. The molecule has 1 heteroatoms. The quantitative estimate of drug-likeness (QED) is 0.619. The van der Waals surface area contributed by atoms with Crippen LogP contribution in [0.5, 0.6) is 0 Å². The first-order valence-corrected chi connectivity index (χ1v) is 4.25.